The van der Waals surface area contributed by atoms with Gasteiger partial charge in [0, 0.05) is 29.6 Å². The van der Waals surface area contributed by atoms with Gasteiger partial charge in [-0.05, 0) is 76.2 Å². The second kappa shape index (κ2) is 10.3. The fourth-order valence-electron chi connectivity index (χ4n) is 6.20. The minimum atomic E-state index is -3.59. The van der Waals surface area contributed by atoms with Crippen molar-refractivity contribution < 1.29 is 18.0 Å². The number of fused-ring (bicyclic) bond motifs is 1. The average Bonchev–Trinajstić information content (AvgIpc) is 3.55. The number of hydrogen-bond acceptors (Lipinski definition) is 6. The maximum atomic E-state index is 13.6. The predicted octanol–water partition coefficient (Wildman–Crippen LogP) is 3.76. The number of benzene rings is 1. The van der Waals surface area contributed by atoms with Crippen molar-refractivity contribution >= 4 is 44.9 Å². The van der Waals surface area contributed by atoms with Crippen LogP contribution in [0.5, 0.6) is 0 Å². The highest BCUT2D eigenvalue weighted by Crippen LogP contribution is 2.43. The summed E-state index contributed by atoms with van der Waals surface area (Å²) in [5.41, 5.74) is 1.00. The molecule has 3 saturated heterocycles. The molecule has 200 valence electrons. The van der Waals surface area contributed by atoms with Gasteiger partial charge in [0.2, 0.25) is 15.9 Å². The second-order valence-corrected chi connectivity index (χ2v) is 12.6. The number of aromatic nitrogens is 2. The highest BCUT2D eigenvalue weighted by Gasteiger charge is 2.46. The molecule has 0 spiro atoms. The number of rotatable bonds is 7. The molecule has 0 saturated carbocycles. The third kappa shape index (κ3) is 5.63. The van der Waals surface area contributed by atoms with Gasteiger partial charge in [0.05, 0.1) is 29.2 Å². The standard InChI is InChI=1S/C25H33ClN6O4S/c1-37(35,36)30-19-8-7-17(26)14-18(19)24(34)27-22-15-20(28-29-22)21-6-2-3-13-32(21)23(33)16-25-9-4-11-31(25)12-5-10-25/h7-8,14-15,21,30H,2-6,9-13,16H2,1H3,(H2,27,28,29,34). The SMILES string of the molecule is CS(=O)(=O)Nc1ccc(Cl)cc1C(=O)Nc1cc(C2CCCCN2C(=O)CC23CCCN2CCC3)[nH]n1. The first-order valence-electron chi connectivity index (χ1n) is 12.8. The summed E-state index contributed by atoms with van der Waals surface area (Å²) in [4.78, 5) is 31.1. The van der Waals surface area contributed by atoms with Crippen molar-refractivity contribution in [1.82, 2.24) is 20.0 Å². The molecule has 12 heteroatoms. The molecule has 3 fully saturated rings. The fraction of sp³-hybridized carbons (Fsp3) is 0.560. The molecule has 0 radical (unpaired) electrons. The lowest BCUT2D eigenvalue weighted by molar-refractivity contribution is -0.137. The van der Waals surface area contributed by atoms with Crippen LogP contribution in [-0.2, 0) is 14.8 Å². The first-order valence-corrected chi connectivity index (χ1v) is 15.1. The number of nitrogens with one attached hydrogen (secondary N) is 3. The molecule has 2 aromatic rings. The molecule has 3 aliphatic rings. The number of piperidine rings is 1. The summed E-state index contributed by atoms with van der Waals surface area (Å²) in [6.07, 6.45) is 8.89. The van der Waals surface area contributed by atoms with Gasteiger partial charge in [0.15, 0.2) is 5.82 Å². The molecule has 0 bridgehead atoms. The summed E-state index contributed by atoms with van der Waals surface area (Å²) in [7, 11) is -3.59. The Morgan fingerprint density at radius 2 is 1.89 bits per heavy atom. The summed E-state index contributed by atoms with van der Waals surface area (Å²) in [6, 6.07) is 5.96. The first kappa shape index (κ1) is 26.0. The zero-order chi connectivity index (χ0) is 26.2. The number of hydrogen-bond donors (Lipinski definition) is 3. The van der Waals surface area contributed by atoms with Gasteiger partial charge in [0.1, 0.15) is 0 Å². The van der Waals surface area contributed by atoms with Crippen LogP contribution in [0.1, 0.15) is 73.5 Å². The molecule has 1 atom stereocenters. The van der Waals surface area contributed by atoms with Crippen molar-refractivity contribution in [1.29, 1.82) is 0 Å². The summed E-state index contributed by atoms with van der Waals surface area (Å²) in [6.45, 7) is 2.89. The number of carbonyl (C=O) groups is 2. The average molecular weight is 549 g/mol. The first-order chi connectivity index (χ1) is 17.6. The van der Waals surface area contributed by atoms with E-state index in [9.17, 15) is 18.0 Å². The zero-order valence-electron chi connectivity index (χ0n) is 20.9. The van der Waals surface area contributed by atoms with E-state index in [2.05, 4.69) is 25.1 Å². The second-order valence-electron chi connectivity index (χ2n) is 10.4. The van der Waals surface area contributed by atoms with Crippen molar-refractivity contribution in [2.75, 3.05) is 35.9 Å². The van der Waals surface area contributed by atoms with Crippen LogP contribution in [-0.4, -0.2) is 71.7 Å². The monoisotopic (exact) mass is 548 g/mol. The molecule has 3 N–H and O–H groups in total. The number of nitrogens with zero attached hydrogens (tertiary/aromatic N) is 3. The van der Waals surface area contributed by atoms with Gasteiger partial charge < -0.3 is 10.2 Å². The number of aromatic amines is 1. The van der Waals surface area contributed by atoms with Gasteiger partial charge in [-0.1, -0.05) is 11.6 Å². The largest absolute Gasteiger partial charge is 0.334 e. The fourth-order valence-corrected chi connectivity index (χ4v) is 6.95. The molecule has 1 aromatic heterocycles. The molecular formula is C25H33ClN6O4S. The zero-order valence-corrected chi connectivity index (χ0v) is 22.5. The quantitative estimate of drug-likeness (QED) is 0.483. The molecule has 1 aromatic carbocycles. The maximum Gasteiger partial charge on any atom is 0.259 e. The van der Waals surface area contributed by atoms with Crippen LogP contribution >= 0.6 is 11.6 Å². The van der Waals surface area contributed by atoms with E-state index in [0.29, 0.717) is 23.8 Å². The van der Waals surface area contributed by atoms with Crippen LogP contribution in [0.25, 0.3) is 0 Å². The van der Waals surface area contributed by atoms with Crippen LogP contribution in [0.15, 0.2) is 24.3 Å². The van der Waals surface area contributed by atoms with Crippen LogP contribution < -0.4 is 10.0 Å². The highest BCUT2D eigenvalue weighted by molar-refractivity contribution is 7.92. The van der Waals surface area contributed by atoms with Crippen LogP contribution in [0.4, 0.5) is 11.5 Å². The molecule has 4 heterocycles. The van der Waals surface area contributed by atoms with E-state index in [1.54, 1.807) is 6.07 Å². The van der Waals surface area contributed by atoms with Gasteiger partial charge in [0.25, 0.3) is 5.91 Å². The van der Waals surface area contributed by atoms with E-state index >= 15 is 0 Å². The lowest BCUT2D eigenvalue weighted by atomic mass is 9.88. The number of carbonyl (C=O) groups excluding carboxylic acids is 2. The molecule has 2 amide bonds. The molecule has 10 nitrogen and oxygen atoms in total. The van der Waals surface area contributed by atoms with Crippen molar-refractivity contribution in [3.63, 3.8) is 0 Å². The highest BCUT2D eigenvalue weighted by atomic mass is 35.5. The van der Waals surface area contributed by atoms with Gasteiger partial charge in [-0.3, -0.25) is 24.3 Å². The Morgan fingerprint density at radius 3 is 2.62 bits per heavy atom. The number of anilines is 2. The third-order valence-electron chi connectivity index (χ3n) is 7.83. The normalized spacial score (nSPS) is 21.6. The maximum absolute atomic E-state index is 13.6. The lowest BCUT2D eigenvalue weighted by Crippen LogP contribution is -2.46. The molecule has 5 rings (SSSR count). The van der Waals surface area contributed by atoms with Crippen molar-refractivity contribution in [2.45, 2.75) is 62.9 Å². The van der Waals surface area contributed by atoms with Gasteiger partial charge >= 0.3 is 0 Å². The van der Waals surface area contributed by atoms with Crippen molar-refractivity contribution in [3.8, 4) is 0 Å². The Morgan fingerprint density at radius 1 is 1.14 bits per heavy atom. The van der Waals surface area contributed by atoms with Gasteiger partial charge in [-0.2, -0.15) is 5.10 Å². The molecule has 37 heavy (non-hydrogen) atoms. The lowest BCUT2D eigenvalue weighted by Gasteiger charge is -2.39. The number of amides is 2. The Balaban J connectivity index is 1.30. The van der Waals surface area contributed by atoms with E-state index in [4.69, 9.17) is 11.6 Å². The Hall–Kier alpha value is -2.63. The van der Waals surface area contributed by atoms with Crippen molar-refractivity contribution in [2.24, 2.45) is 0 Å². The molecular weight excluding hydrogens is 516 g/mol. The molecule has 0 aliphatic carbocycles. The van der Waals surface area contributed by atoms with E-state index in [-0.39, 0.29) is 28.7 Å². The number of halogens is 1. The predicted molar refractivity (Wildman–Crippen MR) is 142 cm³/mol. The summed E-state index contributed by atoms with van der Waals surface area (Å²) >= 11 is 6.06. The topological polar surface area (TPSA) is 127 Å². The van der Waals surface area contributed by atoms with E-state index < -0.39 is 15.9 Å². The minimum Gasteiger partial charge on any atom is -0.334 e. The molecule has 3 aliphatic heterocycles. The summed E-state index contributed by atoms with van der Waals surface area (Å²) in [5.74, 6) is -0.0707. The van der Waals surface area contributed by atoms with Crippen LogP contribution in [0.2, 0.25) is 5.02 Å². The van der Waals surface area contributed by atoms with Gasteiger partial charge in [-0.15, -0.1) is 0 Å². The van der Waals surface area contributed by atoms with Gasteiger partial charge in [-0.25, -0.2) is 8.42 Å². The number of likely N-dealkylation sites (tertiary alicyclic amines) is 1. The van der Waals surface area contributed by atoms with Crippen LogP contribution in [0, 0.1) is 0 Å². The summed E-state index contributed by atoms with van der Waals surface area (Å²) < 4.78 is 25.8. The Labute approximate surface area is 222 Å². The molecule has 1 unspecified atom stereocenters. The van der Waals surface area contributed by atoms with E-state index in [1.165, 1.54) is 18.2 Å². The minimum absolute atomic E-state index is 0.0286. The van der Waals surface area contributed by atoms with Crippen molar-refractivity contribution in [3.05, 3.63) is 40.5 Å². The van der Waals surface area contributed by atoms with E-state index in [0.717, 1.165) is 70.0 Å². The number of H-pyrrole nitrogens is 1. The van der Waals surface area contributed by atoms with E-state index in [1.807, 2.05) is 4.90 Å². The number of sulfonamides is 1. The third-order valence-corrected chi connectivity index (χ3v) is 8.66. The Bertz CT molecular complexity index is 1290. The van der Waals surface area contributed by atoms with Crippen LogP contribution in [0.3, 0.4) is 0 Å². The summed E-state index contributed by atoms with van der Waals surface area (Å²) in [5, 5.41) is 10.3. The smallest absolute Gasteiger partial charge is 0.259 e. The Kier molecular flexibility index (Phi) is 7.21.